The maximum absolute atomic E-state index is 12.2. The van der Waals surface area contributed by atoms with Crippen LogP contribution in [0.3, 0.4) is 0 Å². The van der Waals surface area contributed by atoms with Crippen molar-refractivity contribution in [2.45, 2.75) is 19.9 Å². The SMILES string of the molecule is CC(C)C(NC(N)=O)C(=O)Nc1ccc(Br)cc1C(=O)O. The lowest BCUT2D eigenvalue weighted by atomic mass is 10.0. The monoisotopic (exact) mass is 357 g/mol. The highest BCUT2D eigenvalue weighted by Crippen LogP contribution is 2.21. The van der Waals surface area contributed by atoms with Gasteiger partial charge in [0.2, 0.25) is 5.91 Å². The van der Waals surface area contributed by atoms with Crippen LogP contribution >= 0.6 is 15.9 Å². The van der Waals surface area contributed by atoms with E-state index in [4.69, 9.17) is 10.8 Å². The second-order valence-electron chi connectivity index (χ2n) is 4.71. The van der Waals surface area contributed by atoms with Crippen LogP contribution in [0.1, 0.15) is 24.2 Å². The molecule has 1 aromatic carbocycles. The Labute approximate surface area is 130 Å². The number of anilines is 1. The lowest BCUT2D eigenvalue weighted by Gasteiger charge is -2.21. The first-order valence-electron chi connectivity index (χ1n) is 6.12. The van der Waals surface area contributed by atoms with Gasteiger partial charge in [0, 0.05) is 4.47 Å². The average molecular weight is 358 g/mol. The summed E-state index contributed by atoms with van der Waals surface area (Å²) in [5, 5.41) is 14.0. The van der Waals surface area contributed by atoms with Gasteiger partial charge in [-0.15, -0.1) is 0 Å². The number of urea groups is 1. The van der Waals surface area contributed by atoms with Crippen molar-refractivity contribution in [3.05, 3.63) is 28.2 Å². The van der Waals surface area contributed by atoms with Crippen LogP contribution in [0.5, 0.6) is 0 Å². The quantitative estimate of drug-likeness (QED) is 0.641. The van der Waals surface area contributed by atoms with Crippen LogP contribution in [-0.2, 0) is 4.79 Å². The number of hydrogen-bond acceptors (Lipinski definition) is 3. The number of rotatable bonds is 5. The van der Waals surface area contributed by atoms with Crippen molar-refractivity contribution in [2.24, 2.45) is 11.7 Å². The summed E-state index contributed by atoms with van der Waals surface area (Å²) in [4.78, 5) is 34.3. The third kappa shape index (κ3) is 4.75. The van der Waals surface area contributed by atoms with Crippen molar-refractivity contribution in [2.75, 3.05) is 5.32 Å². The zero-order valence-electron chi connectivity index (χ0n) is 11.5. The molecule has 7 nitrogen and oxygen atoms in total. The molecule has 8 heteroatoms. The summed E-state index contributed by atoms with van der Waals surface area (Å²) in [6.07, 6.45) is 0. The lowest BCUT2D eigenvalue weighted by molar-refractivity contribution is -0.118. The van der Waals surface area contributed by atoms with E-state index in [-0.39, 0.29) is 17.2 Å². The first kappa shape index (κ1) is 17.0. The summed E-state index contributed by atoms with van der Waals surface area (Å²) >= 11 is 3.17. The zero-order valence-corrected chi connectivity index (χ0v) is 13.1. The molecule has 0 aliphatic rings. The molecule has 0 saturated carbocycles. The van der Waals surface area contributed by atoms with Gasteiger partial charge in [0.25, 0.3) is 0 Å². The molecule has 1 rings (SSSR count). The summed E-state index contributed by atoms with van der Waals surface area (Å²) in [5.74, 6) is -1.91. The fraction of sp³-hybridized carbons (Fsp3) is 0.308. The predicted octanol–water partition coefficient (Wildman–Crippen LogP) is 1.78. The topological polar surface area (TPSA) is 122 Å². The molecule has 3 amide bonds. The fourth-order valence-electron chi connectivity index (χ4n) is 1.70. The van der Waals surface area contributed by atoms with Crippen LogP contribution in [0, 0.1) is 5.92 Å². The molecule has 1 atom stereocenters. The first-order chi connectivity index (χ1) is 9.72. The van der Waals surface area contributed by atoms with Crippen LogP contribution < -0.4 is 16.4 Å². The predicted molar refractivity (Wildman–Crippen MR) is 81.1 cm³/mol. The Morgan fingerprint density at radius 2 is 1.90 bits per heavy atom. The molecule has 0 fully saturated rings. The Balaban J connectivity index is 3.01. The molecule has 0 saturated heterocycles. The van der Waals surface area contributed by atoms with E-state index in [0.29, 0.717) is 4.47 Å². The number of hydrogen-bond donors (Lipinski definition) is 4. The summed E-state index contributed by atoms with van der Waals surface area (Å²) in [6, 6.07) is 2.77. The second-order valence-corrected chi connectivity index (χ2v) is 5.63. The van der Waals surface area contributed by atoms with Gasteiger partial charge < -0.3 is 21.5 Å². The van der Waals surface area contributed by atoms with Crippen molar-refractivity contribution in [1.29, 1.82) is 0 Å². The molecular weight excluding hydrogens is 342 g/mol. The Hall–Kier alpha value is -2.09. The number of aromatic carboxylic acids is 1. The van der Waals surface area contributed by atoms with Crippen LogP contribution in [0.25, 0.3) is 0 Å². The molecule has 1 unspecified atom stereocenters. The summed E-state index contributed by atoms with van der Waals surface area (Å²) in [6.45, 7) is 3.47. The zero-order chi connectivity index (χ0) is 16.2. The number of amides is 3. The van der Waals surface area contributed by atoms with Gasteiger partial charge in [-0.1, -0.05) is 29.8 Å². The molecule has 0 aliphatic carbocycles. The Morgan fingerprint density at radius 1 is 1.29 bits per heavy atom. The number of carboxylic acid groups (broad SMARTS) is 1. The van der Waals surface area contributed by atoms with Gasteiger partial charge in [-0.3, -0.25) is 4.79 Å². The highest BCUT2D eigenvalue weighted by Gasteiger charge is 2.24. The first-order valence-corrected chi connectivity index (χ1v) is 6.91. The number of primary amides is 1. The molecule has 0 aromatic heterocycles. The van der Waals surface area contributed by atoms with Gasteiger partial charge in [-0.2, -0.15) is 0 Å². The van der Waals surface area contributed by atoms with Crippen LogP contribution in [0.4, 0.5) is 10.5 Å². The van der Waals surface area contributed by atoms with Crippen LogP contribution in [0.2, 0.25) is 0 Å². The van der Waals surface area contributed by atoms with Crippen molar-refractivity contribution in [3.8, 4) is 0 Å². The number of nitrogens with two attached hydrogens (primary N) is 1. The Bertz CT molecular complexity index is 575. The van der Waals surface area contributed by atoms with E-state index in [9.17, 15) is 14.4 Å². The van der Waals surface area contributed by atoms with E-state index in [1.807, 2.05) is 0 Å². The fourth-order valence-corrected chi connectivity index (χ4v) is 2.06. The maximum Gasteiger partial charge on any atom is 0.337 e. The van der Waals surface area contributed by atoms with Gasteiger partial charge in [-0.05, 0) is 24.1 Å². The van der Waals surface area contributed by atoms with Gasteiger partial charge >= 0.3 is 12.0 Å². The minimum atomic E-state index is -1.17. The smallest absolute Gasteiger partial charge is 0.337 e. The van der Waals surface area contributed by atoms with Gasteiger partial charge in [0.15, 0.2) is 0 Å². The summed E-state index contributed by atoms with van der Waals surface area (Å²) in [5.41, 5.74) is 5.12. The average Bonchev–Trinajstić information content (AvgIpc) is 2.37. The molecular formula is C13H16BrN3O4. The van der Waals surface area contributed by atoms with Crippen LogP contribution in [0.15, 0.2) is 22.7 Å². The van der Waals surface area contributed by atoms with E-state index in [2.05, 4.69) is 26.6 Å². The number of carbonyl (C=O) groups excluding carboxylic acids is 2. The lowest BCUT2D eigenvalue weighted by Crippen LogP contribution is -2.49. The molecule has 21 heavy (non-hydrogen) atoms. The van der Waals surface area contributed by atoms with Crippen molar-refractivity contribution < 1.29 is 19.5 Å². The molecule has 1 aromatic rings. The summed E-state index contributed by atoms with van der Waals surface area (Å²) < 4.78 is 0.577. The third-order valence-electron chi connectivity index (χ3n) is 2.72. The third-order valence-corrected chi connectivity index (χ3v) is 3.21. The normalized spacial score (nSPS) is 11.8. The van der Waals surface area contributed by atoms with Crippen molar-refractivity contribution in [1.82, 2.24) is 5.32 Å². The summed E-state index contributed by atoms with van der Waals surface area (Å²) in [7, 11) is 0. The highest BCUT2D eigenvalue weighted by atomic mass is 79.9. The number of nitrogens with one attached hydrogen (secondary N) is 2. The van der Waals surface area contributed by atoms with Gasteiger partial charge in [0.1, 0.15) is 6.04 Å². The van der Waals surface area contributed by atoms with Gasteiger partial charge in [-0.25, -0.2) is 9.59 Å². The number of carboxylic acids is 1. The van der Waals surface area contributed by atoms with Crippen LogP contribution in [-0.4, -0.2) is 29.1 Å². The number of benzene rings is 1. The molecule has 0 radical (unpaired) electrons. The maximum atomic E-state index is 12.2. The standard InChI is InChI=1S/C13H16BrN3O4/c1-6(2)10(17-13(15)21)11(18)16-9-4-3-7(14)5-8(9)12(19)20/h3-6,10H,1-2H3,(H,16,18)(H,19,20)(H3,15,17,21). The van der Waals surface area contributed by atoms with E-state index < -0.39 is 23.9 Å². The van der Waals surface area contributed by atoms with Crippen molar-refractivity contribution in [3.63, 3.8) is 0 Å². The minimum absolute atomic E-state index is 0.0562. The molecule has 0 aliphatic heterocycles. The van der Waals surface area contributed by atoms with Gasteiger partial charge in [0.05, 0.1) is 11.3 Å². The molecule has 0 bridgehead atoms. The minimum Gasteiger partial charge on any atom is -0.478 e. The Morgan fingerprint density at radius 3 is 2.38 bits per heavy atom. The van der Waals surface area contributed by atoms with E-state index >= 15 is 0 Å². The molecule has 0 spiro atoms. The number of carbonyl (C=O) groups is 3. The Kier molecular flexibility index (Phi) is 5.71. The number of halogens is 1. The highest BCUT2D eigenvalue weighted by molar-refractivity contribution is 9.10. The van der Waals surface area contributed by atoms with E-state index in [0.717, 1.165) is 0 Å². The molecule has 114 valence electrons. The van der Waals surface area contributed by atoms with Crippen molar-refractivity contribution >= 4 is 39.5 Å². The van der Waals surface area contributed by atoms with E-state index in [1.54, 1.807) is 19.9 Å². The molecule has 5 N–H and O–H groups in total. The molecule has 0 heterocycles. The second kappa shape index (κ2) is 7.07. The van der Waals surface area contributed by atoms with E-state index in [1.165, 1.54) is 12.1 Å². The largest absolute Gasteiger partial charge is 0.478 e.